The minimum absolute atomic E-state index is 0.0718. The van der Waals surface area contributed by atoms with Crippen molar-refractivity contribution in [1.29, 1.82) is 0 Å². The van der Waals surface area contributed by atoms with Crippen LogP contribution < -0.4 is 5.32 Å². The lowest BCUT2D eigenvalue weighted by atomic mass is 9.36. The van der Waals surface area contributed by atoms with E-state index in [0.717, 1.165) is 16.9 Å². The van der Waals surface area contributed by atoms with Gasteiger partial charge in [-0.1, -0.05) is 41.1 Å². The number of amides is 4. The van der Waals surface area contributed by atoms with E-state index in [-0.39, 0.29) is 23.9 Å². The van der Waals surface area contributed by atoms with Crippen LogP contribution in [0.5, 0.6) is 0 Å². The second-order valence-electron chi connectivity index (χ2n) is 11.3. The Balaban J connectivity index is 1.64. The Morgan fingerprint density at radius 1 is 1.03 bits per heavy atom. The van der Waals surface area contributed by atoms with Crippen molar-refractivity contribution in [1.82, 2.24) is 15.0 Å². The van der Waals surface area contributed by atoms with E-state index in [1.807, 2.05) is 0 Å². The Kier molecular flexibility index (Phi) is 6.70. The molecule has 0 aliphatic carbocycles. The molecule has 2 aliphatic heterocycles. The number of piperidine rings is 1. The average molecular weight is 533 g/mol. The number of carbonyl (C=O) groups excluding carboxylic acids is 4. The number of carbonyl (C=O) groups is 4. The topological polar surface area (TPSA) is 86.8 Å². The van der Waals surface area contributed by atoms with E-state index in [1.165, 1.54) is 25.0 Å². The summed E-state index contributed by atoms with van der Waals surface area (Å²) in [7, 11) is 9.79. The first kappa shape index (κ1) is 28.1. The van der Waals surface area contributed by atoms with Gasteiger partial charge in [-0.25, -0.2) is 0 Å². The zero-order chi connectivity index (χ0) is 28.4. The molecular weight excluding hydrogens is 509 g/mol. The zero-order valence-corrected chi connectivity index (χ0v) is 22.9. The van der Waals surface area contributed by atoms with Crippen molar-refractivity contribution in [2.24, 2.45) is 0 Å². The van der Waals surface area contributed by atoms with Gasteiger partial charge < -0.3 is 9.71 Å². The van der Waals surface area contributed by atoms with Crippen LogP contribution in [0.15, 0.2) is 42.5 Å². The van der Waals surface area contributed by atoms with E-state index in [9.17, 15) is 19.2 Å². The number of benzene rings is 2. The number of halogens is 3. The molecule has 1 unspecified atom stereocenters. The smallest absolute Gasteiger partial charge is 0.348 e. The summed E-state index contributed by atoms with van der Waals surface area (Å²) in [5, 5.41) is 0.631. The largest absolute Gasteiger partial charge is 0.393 e. The Labute approximate surface area is 229 Å². The maximum absolute atomic E-state index is 15.1. The molecular formula is C22H24B6ClF2N3O4. The molecule has 1 saturated heterocycles. The molecule has 2 aromatic carbocycles. The second-order valence-corrected chi connectivity index (χ2v) is 11.7. The third-order valence-electron chi connectivity index (χ3n) is 8.39. The minimum Gasteiger partial charge on any atom is -0.393 e. The Hall–Kier alpha value is -2.94. The van der Waals surface area contributed by atoms with Crippen LogP contribution in [-0.2, 0) is 32.2 Å². The fraction of sp³-hybridized carbons (Fsp3) is 0.273. The number of fused-ring (bicyclic) bond motifs is 1. The standard InChI is InChI=1S/C22H24B6ClF2N3O4/c23-19(24)8-15(35)32-17(37)21(19,25)33-9-10-7-12(3-6-14(10)16(33)36)22(26,27)34(28)18(38)20(30,31)11-1-4-13(29)5-2-11/h1-7H,8-9,23-28H2,(H,32,35,37). The lowest BCUT2D eigenvalue weighted by molar-refractivity contribution is -0.155. The summed E-state index contributed by atoms with van der Waals surface area (Å²) in [6, 6.07) is 9.77. The van der Waals surface area contributed by atoms with Crippen LogP contribution in [-0.4, -0.2) is 86.0 Å². The molecule has 2 heterocycles. The van der Waals surface area contributed by atoms with Crippen LogP contribution >= 0.6 is 11.6 Å². The van der Waals surface area contributed by atoms with Crippen LogP contribution in [0.3, 0.4) is 0 Å². The number of imide groups is 1. The van der Waals surface area contributed by atoms with Crippen LogP contribution in [0.4, 0.5) is 8.78 Å². The van der Waals surface area contributed by atoms with Crippen molar-refractivity contribution >= 4 is 82.4 Å². The summed E-state index contributed by atoms with van der Waals surface area (Å²) < 4.78 is 30.3. The Morgan fingerprint density at radius 3 is 2.18 bits per heavy atom. The van der Waals surface area contributed by atoms with Gasteiger partial charge in [0, 0.05) is 29.1 Å². The summed E-state index contributed by atoms with van der Waals surface area (Å²) in [5.74, 6) is -6.47. The van der Waals surface area contributed by atoms with E-state index >= 15 is 8.78 Å². The van der Waals surface area contributed by atoms with Gasteiger partial charge in [-0.05, 0) is 34.7 Å². The van der Waals surface area contributed by atoms with Crippen molar-refractivity contribution < 1.29 is 28.0 Å². The number of nitrogens with zero attached hydrogens (tertiary/aromatic N) is 2. The third kappa shape index (κ3) is 4.19. The van der Waals surface area contributed by atoms with Crippen LogP contribution in [0.1, 0.15) is 33.5 Å². The van der Waals surface area contributed by atoms with Crippen LogP contribution in [0.25, 0.3) is 0 Å². The Morgan fingerprint density at radius 2 is 1.61 bits per heavy atom. The van der Waals surface area contributed by atoms with E-state index in [4.69, 9.17) is 11.6 Å². The van der Waals surface area contributed by atoms with Gasteiger partial charge in [0.15, 0.2) is 0 Å². The van der Waals surface area contributed by atoms with Gasteiger partial charge in [0.05, 0.1) is 5.44 Å². The SMILES string of the molecule is BN(C(=O)C(F)(F)c1ccc(Cl)cc1)C(B)(B)c1ccc2c(c1)CN(C1(B)C(=O)NC(=O)CC1(B)B)C2=O. The van der Waals surface area contributed by atoms with Crippen molar-refractivity contribution in [3.63, 3.8) is 0 Å². The number of hydrogen-bond acceptors (Lipinski definition) is 4. The molecule has 38 heavy (non-hydrogen) atoms. The van der Waals surface area contributed by atoms with Gasteiger partial charge in [-0.3, -0.25) is 24.5 Å². The van der Waals surface area contributed by atoms with E-state index in [2.05, 4.69) is 5.32 Å². The van der Waals surface area contributed by atoms with Gasteiger partial charge in [0.1, 0.15) is 39.2 Å². The van der Waals surface area contributed by atoms with Gasteiger partial charge in [0.25, 0.3) is 11.8 Å². The molecule has 1 fully saturated rings. The predicted molar refractivity (Wildman–Crippen MR) is 155 cm³/mol. The van der Waals surface area contributed by atoms with Gasteiger partial charge >= 0.3 is 5.92 Å². The van der Waals surface area contributed by atoms with Crippen molar-refractivity contribution in [2.45, 2.75) is 34.9 Å². The maximum atomic E-state index is 15.1. The summed E-state index contributed by atoms with van der Waals surface area (Å²) >= 11 is 5.81. The third-order valence-corrected chi connectivity index (χ3v) is 8.64. The summed E-state index contributed by atoms with van der Waals surface area (Å²) in [6.45, 7) is 0.0955. The average Bonchev–Trinajstić information content (AvgIpc) is 3.17. The molecule has 4 amide bonds. The summed E-state index contributed by atoms with van der Waals surface area (Å²) in [5.41, 5.74) is -0.231. The van der Waals surface area contributed by atoms with Crippen molar-refractivity contribution in [3.8, 4) is 0 Å². The summed E-state index contributed by atoms with van der Waals surface area (Å²) in [6.07, 6.45) is 0.0718. The molecule has 0 spiro atoms. The number of rotatable bonds is 5. The molecule has 0 saturated carbocycles. The molecule has 0 radical (unpaired) electrons. The molecule has 7 nitrogen and oxygen atoms in total. The normalized spacial score (nSPS) is 21.1. The molecule has 16 heteroatoms. The van der Waals surface area contributed by atoms with Gasteiger partial charge in [-0.2, -0.15) is 8.78 Å². The highest BCUT2D eigenvalue weighted by Crippen LogP contribution is 2.45. The Bertz CT molecular complexity index is 1380. The summed E-state index contributed by atoms with van der Waals surface area (Å²) in [4.78, 5) is 53.9. The molecule has 4 rings (SSSR count). The van der Waals surface area contributed by atoms with Crippen LogP contribution in [0, 0.1) is 0 Å². The fourth-order valence-corrected chi connectivity index (χ4v) is 5.29. The lowest BCUT2D eigenvalue weighted by Gasteiger charge is -2.51. The number of hydrogen-bond donors (Lipinski definition) is 1. The van der Waals surface area contributed by atoms with Gasteiger partial charge in [0.2, 0.25) is 19.8 Å². The quantitative estimate of drug-likeness (QED) is 0.321. The number of nitrogens with one attached hydrogen (secondary N) is 1. The highest BCUT2D eigenvalue weighted by molar-refractivity contribution is 6.52. The first-order valence-electron chi connectivity index (χ1n) is 12.2. The monoisotopic (exact) mass is 533 g/mol. The van der Waals surface area contributed by atoms with E-state index in [1.54, 1.807) is 57.4 Å². The highest BCUT2D eigenvalue weighted by atomic mass is 35.5. The minimum atomic E-state index is -3.79. The highest BCUT2D eigenvalue weighted by Gasteiger charge is 2.57. The zero-order valence-electron chi connectivity index (χ0n) is 22.1. The fourth-order valence-electron chi connectivity index (χ4n) is 5.16. The van der Waals surface area contributed by atoms with Crippen molar-refractivity contribution in [2.75, 3.05) is 0 Å². The van der Waals surface area contributed by atoms with E-state index in [0.29, 0.717) is 16.7 Å². The lowest BCUT2D eigenvalue weighted by Crippen LogP contribution is -2.70. The number of alkyl halides is 2. The molecule has 1 atom stereocenters. The first-order valence-corrected chi connectivity index (χ1v) is 12.5. The maximum Gasteiger partial charge on any atom is 0.348 e. The van der Waals surface area contributed by atoms with Crippen LogP contribution in [0.2, 0.25) is 10.2 Å². The van der Waals surface area contributed by atoms with Crippen molar-refractivity contribution in [3.05, 3.63) is 69.7 Å². The molecule has 190 valence electrons. The molecule has 0 bridgehead atoms. The molecule has 0 aromatic heterocycles. The van der Waals surface area contributed by atoms with E-state index < -0.39 is 45.2 Å². The van der Waals surface area contributed by atoms with Gasteiger partial charge in [-0.15, -0.1) is 0 Å². The second kappa shape index (κ2) is 9.07. The first-order chi connectivity index (χ1) is 17.4. The predicted octanol–water partition coefficient (Wildman–Crippen LogP) is -3.40. The molecule has 1 N–H and O–H groups in total. The molecule has 2 aliphatic rings. The molecule has 2 aromatic rings.